The van der Waals surface area contributed by atoms with Crippen LogP contribution in [0.1, 0.15) is 12.0 Å². The van der Waals surface area contributed by atoms with E-state index >= 15 is 0 Å². The molecule has 1 atom stereocenters. The Morgan fingerprint density at radius 3 is 2.58 bits per heavy atom. The van der Waals surface area contributed by atoms with E-state index in [1.165, 1.54) is 5.56 Å². The predicted octanol–water partition coefficient (Wildman–Crippen LogP) is 0.693. The summed E-state index contributed by atoms with van der Waals surface area (Å²) < 4.78 is 0. The second-order valence-corrected chi connectivity index (χ2v) is 5.34. The summed E-state index contributed by atoms with van der Waals surface area (Å²) in [5, 5.41) is 3.34. The minimum absolute atomic E-state index is 0.116. The zero-order valence-electron chi connectivity index (χ0n) is 11.2. The quantitative estimate of drug-likeness (QED) is 0.867. The summed E-state index contributed by atoms with van der Waals surface area (Å²) >= 11 is 0. The van der Waals surface area contributed by atoms with Crippen LogP contribution < -0.4 is 5.32 Å². The summed E-state index contributed by atoms with van der Waals surface area (Å²) in [5.74, 6) is 0.311. The minimum atomic E-state index is 0.116. The summed E-state index contributed by atoms with van der Waals surface area (Å²) in [6, 6.07) is 10.4. The van der Waals surface area contributed by atoms with Gasteiger partial charge in [0.25, 0.3) is 0 Å². The van der Waals surface area contributed by atoms with Gasteiger partial charge in [0.05, 0.1) is 6.04 Å². The zero-order chi connectivity index (χ0) is 13.1. The number of rotatable bonds is 3. The largest absolute Gasteiger partial charge is 0.337 e. The highest BCUT2D eigenvalue weighted by Gasteiger charge is 2.35. The molecule has 0 saturated carbocycles. The third-order valence-electron chi connectivity index (χ3n) is 4.08. The van der Waals surface area contributed by atoms with E-state index in [-0.39, 0.29) is 6.04 Å². The predicted molar refractivity (Wildman–Crippen MR) is 74.7 cm³/mol. The van der Waals surface area contributed by atoms with Crippen molar-refractivity contribution in [2.75, 3.05) is 32.7 Å². The van der Waals surface area contributed by atoms with E-state index < -0.39 is 0 Å². The van der Waals surface area contributed by atoms with Gasteiger partial charge in [-0.05, 0) is 12.0 Å². The van der Waals surface area contributed by atoms with Crippen LogP contribution in [0.5, 0.6) is 0 Å². The molecule has 0 aliphatic carbocycles. The first-order valence-electron chi connectivity index (χ1n) is 7.12. The summed E-state index contributed by atoms with van der Waals surface area (Å²) in [4.78, 5) is 16.8. The van der Waals surface area contributed by atoms with Gasteiger partial charge in [-0.15, -0.1) is 0 Å². The number of carbonyl (C=O) groups excluding carboxylic acids is 1. The maximum absolute atomic E-state index is 12.5. The fourth-order valence-electron chi connectivity index (χ4n) is 3.02. The molecule has 0 radical (unpaired) electrons. The fourth-order valence-corrected chi connectivity index (χ4v) is 3.02. The van der Waals surface area contributed by atoms with Crippen LogP contribution in [0.4, 0.5) is 0 Å². The lowest BCUT2D eigenvalue weighted by Crippen LogP contribution is -2.51. The van der Waals surface area contributed by atoms with Gasteiger partial charge in [0, 0.05) is 39.3 Å². The fraction of sp³-hybridized carbons (Fsp3) is 0.533. The summed E-state index contributed by atoms with van der Waals surface area (Å²) in [7, 11) is 0. The maximum Gasteiger partial charge on any atom is 0.240 e. The van der Waals surface area contributed by atoms with Crippen LogP contribution in [0.25, 0.3) is 0 Å². The van der Waals surface area contributed by atoms with Crippen molar-refractivity contribution >= 4 is 5.91 Å². The van der Waals surface area contributed by atoms with Crippen LogP contribution in [0, 0.1) is 0 Å². The molecule has 1 aromatic carbocycles. The number of hydrogen-bond acceptors (Lipinski definition) is 3. The molecule has 1 aromatic rings. The third-order valence-corrected chi connectivity index (χ3v) is 4.08. The highest BCUT2D eigenvalue weighted by Crippen LogP contribution is 2.19. The van der Waals surface area contributed by atoms with E-state index in [1.54, 1.807) is 0 Å². The van der Waals surface area contributed by atoms with E-state index in [0.29, 0.717) is 5.91 Å². The maximum atomic E-state index is 12.5. The van der Waals surface area contributed by atoms with Gasteiger partial charge in [-0.1, -0.05) is 30.3 Å². The van der Waals surface area contributed by atoms with Gasteiger partial charge in [0.15, 0.2) is 0 Å². The number of nitrogens with one attached hydrogen (secondary N) is 1. The molecule has 4 heteroatoms. The van der Waals surface area contributed by atoms with Crippen molar-refractivity contribution < 1.29 is 4.79 Å². The monoisotopic (exact) mass is 259 g/mol. The molecule has 2 saturated heterocycles. The van der Waals surface area contributed by atoms with Gasteiger partial charge >= 0.3 is 0 Å². The van der Waals surface area contributed by atoms with Crippen molar-refractivity contribution in [2.24, 2.45) is 0 Å². The molecular formula is C15H21N3O. The first-order chi connectivity index (χ1) is 9.34. The molecule has 2 fully saturated rings. The van der Waals surface area contributed by atoms with Gasteiger partial charge in [-0.25, -0.2) is 0 Å². The zero-order valence-corrected chi connectivity index (χ0v) is 11.2. The number of nitrogens with zero attached hydrogens (tertiary/aromatic N) is 2. The normalized spacial score (nSPS) is 24.9. The molecule has 19 heavy (non-hydrogen) atoms. The SMILES string of the molecule is O=C1C(N2CCNCC2)CCN1Cc1ccccc1. The summed E-state index contributed by atoms with van der Waals surface area (Å²) in [6.45, 7) is 5.64. The Kier molecular flexibility index (Phi) is 3.80. The van der Waals surface area contributed by atoms with E-state index in [9.17, 15) is 4.79 Å². The van der Waals surface area contributed by atoms with E-state index in [2.05, 4.69) is 22.3 Å². The standard InChI is InChI=1S/C15H21N3O/c19-15-14(17-10-7-16-8-11-17)6-9-18(15)12-13-4-2-1-3-5-13/h1-5,14,16H,6-12H2. The van der Waals surface area contributed by atoms with Crippen LogP contribution in [0.2, 0.25) is 0 Å². The first-order valence-corrected chi connectivity index (χ1v) is 7.12. The van der Waals surface area contributed by atoms with Crippen molar-refractivity contribution in [2.45, 2.75) is 19.0 Å². The van der Waals surface area contributed by atoms with Crippen LogP contribution in [0.15, 0.2) is 30.3 Å². The highest BCUT2D eigenvalue weighted by molar-refractivity contribution is 5.84. The number of likely N-dealkylation sites (tertiary alicyclic amines) is 1. The van der Waals surface area contributed by atoms with Gasteiger partial charge in [0.1, 0.15) is 0 Å². The average molecular weight is 259 g/mol. The molecule has 4 nitrogen and oxygen atoms in total. The third kappa shape index (κ3) is 2.80. The molecule has 2 aliphatic rings. The topological polar surface area (TPSA) is 35.6 Å². The lowest BCUT2D eigenvalue weighted by atomic mass is 10.2. The number of hydrogen-bond donors (Lipinski definition) is 1. The van der Waals surface area contributed by atoms with E-state index in [1.807, 2.05) is 23.1 Å². The Labute approximate surface area is 114 Å². The van der Waals surface area contributed by atoms with Crippen LogP contribution >= 0.6 is 0 Å². The van der Waals surface area contributed by atoms with Gasteiger partial charge in [-0.3, -0.25) is 9.69 Å². The smallest absolute Gasteiger partial charge is 0.240 e. The number of piperazine rings is 1. The van der Waals surface area contributed by atoms with Crippen molar-refractivity contribution in [1.82, 2.24) is 15.1 Å². The van der Waals surface area contributed by atoms with E-state index in [0.717, 1.165) is 45.7 Å². The first kappa shape index (κ1) is 12.6. The van der Waals surface area contributed by atoms with Crippen molar-refractivity contribution in [3.63, 3.8) is 0 Å². The molecule has 2 aliphatic heterocycles. The lowest BCUT2D eigenvalue weighted by molar-refractivity contribution is -0.132. The second-order valence-electron chi connectivity index (χ2n) is 5.34. The second kappa shape index (κ2) is 5.72. The van der Waals surface area contributed by atoms with Crippen molar-refractivity contribution in [1.29, 1.82) is 0 Å². The molecular weight excluding hydrogens is 238 g/mol. The minimum Gasteiger partial charge on any atom is -0.337 e. The van der Waals surface area contributed by atoms with Crippen LogP contribution in [-0.2, 0) is 11.3 Å². The van der Waals surface area contributed by atoms with Crippen molar-refractivity contribution in [3.8, 4) is 0 Å². The van der Waals surface area contributed by atoms with Crippen LogP contribution in [-0.4, -0.2) is 54.5 Å². The summed E-state index contributed by atoms with van der Waals surface area (Å²) in [6.07, 6.45) is 0.978. The number of carbonyl (C=O) groups is 1. The molecule has 1 amide bonds. The van der Waals surface area contributed by atoms with Gasteiger partial charge < -0.3 is 10.2 Å². The Bertz CT molecular complexity index is 428. The van der Waals surface area contributed by atoms with Gasteiger partial charge in [0.2, 0.25) is 5.91 Å². The molecule has 3 rings (SSSR count). The average Bonchev–Trinajstić information content (AvgIpc) is 2.82. The molecule has 0 bridgehead atoms. The molecule has 1 N–H and O–H groups in total. The number of amides is 1. The van der Waals surface area contributed by atoms with E-state index in [4.69, 9.17) is 0 Å². The molecule has 1 unspecified atom stereocenters. The number of benzene rings is 1. The lowest BCUT2D eigenvalue weighted by Gasteiger charge is -2.31. The Morgan fingerprint density at radius 2 is 1.84 bits per heavy atom. The highest BCUT2D eigenvalue weighted by atomic mass is 16.2. The molecule has 2 heterocycles. The van der Waals surface area contributed by atoms with Gasteiger partial charge in [-0.2, -0.15) is 0 Å². The molecule has 102 valence electrons. The molecule has 0 spiro atoms. The molecule has 0 aromatic heterocycles. The Hall–Kier alpha value is -1.39. The summed E-state index contributed by atoms with van der Waals surface area (Å²) in [5.41, 5.74) is 1.22. The Morgan fingerprint density at radius 1 is 1.11 bits per heavy atom. The van der Waals surface area contributed by atoms with Crippen molar-refractivity contribution in [3.05, 3.63) is 35.9 Å². The van der Waals surface area contributed by atoms with Crippen LogP contribution in [0.3, 0.4) is 0 Å². The Balaban J connectivity index is 1.62.